The number of nitrogens with one attached hydrogen (secondary N) is 4. The van der Waals surface area contributed by atoms with Crippen LogP contribution >= 0.6 is 0 Å². The predicted octanol–water partition coefficient (Wildman–Crippen LogP) is 6.37. The molecule has 4 unspecified atom stereocenters. The molecule has 4 rings (SSSR count). The van der Waals surface area contributed by atoms with Gasteiger partial charge in [0.25, 0.3) is 0 Å². The van der Waals surface area contributed by atoms with Crippen LogP contribution in [0.5, 0.6) is 0 Å². The van der Waals surface area contributed by atoms with Crippen LogP contribution in [0, 0.1) is 26.0 Å². The van der Waals surface area contributed by atoms with E-state index < -0.39 is 45.8 Å². The van der Waals surface area contributed by atoms with Crippen LogP contribution < -0.4 is 5.73 Å². The molecule has 10 N–H and O–H groups in total. The Labute approximate surface area is 341 Å². The molecular weight excluding hydrogens is 835 g/mol. The highest BCUT2D eigenvalue weighted by Crippen LogP contribution is 2.17. The molecule has 0 spiro atoms. The Morgan fingerprint density at radius 1 is 0.552 bits per heavy atom. The van der Waals surface area contributed by atoms with E-state index in [4.69, 9.17) is 43.1 Å². The summed E-state index contributed by atoms with van der Waals surface area (Å²) in [4.78, 5) is 31.7. The number of hydrogen-bond acceptors (Lipinski definition) is 17. The third-order valence-corrected chi connectivity index (χ3v) is 9.70. The summed E-state index contributed by atoms with van der Waals surface area (Å²) in [6.07, 6.45) is 6.45. The zero-order valence-corrected chi connectivity index (χ0v) is 37.1. The Morgan fingerprint density at radius 2 is 0.966 bits per heavy atom. The predicted molar refractivity (Wildman–Crippen MR) is 222 cm³/mol. The van der Waals surface area contributed by atoms with Gasteiger partial charge in [-0.3, -0.25) is 0 Å². The maximum Gasteiger partial charge on any atom is 0.165 e. The van der Waals surface area contributed by atoms with E-state index in [1.807, 2.05) is 62.3 Å². The minimum atomic E-state index is -3.62. The number of nitrogens with zero attached hydrogens (tertiary/aromatic N) is 8. The fraction of sp³-hybridized carbons (Fsp3) is 0.515. The van der Waals surface area contributed by atoms with Crippen molar-refractivity contribution in [1.82, 2.24) is 39.9 Å². The smallest absolute Gasteiger partial charge is 0.165 e. The van der Waals surface area contributed by atoms with E-state index in [1.165, 1.54) is 0 Å². The van der Waals surface area contributed by atoms with Crippen LogP contribution in [0.3, 0.4) is 0 Å². The van der Waals surface area contributed by atoms with Crippen molar-refractivity contribution in [2.24, 2.45) is 0 Å². The van der Waals surface area contributed by atoms with Gasteiger partial charge in [-0.25, -0.2) is 75.8 Å². The molecule has 21 nitrogen and oxygen atoms in total. The zero-order valence-electron chi connectivity index (χ0n) is 33.8. The number of anilines is 1. The van der Waals surface area contributed by atoms with Gasteiger partial charge in [0.15, 0.2) is 40.0 Å². The Balaban J connectivity index is 0.000000387. The Hall–Kier alpha value is -4.24. The van der Waals surface area contributed by atoms with E-state index in [1.54, 1.807) is 36.9 Å². The molecule has 0 radical (unpaired) electrons. The van der Waals surface area contributed by atoms with E-state index in [9.17, 15) is 16.8 Å². The summed E-state index contributed by atoms with van der Waals surface area (Å²) in [5.41, 5.74) is 9.86. The van der Waals surface area contributed by atoms with Gasteiger partial charge in [-0.15, -0.1) is 0 Å². The van der Waals surface area contributed by atoms with E-state index in [0.717, 1.165) is 22.5 Å². The van der Waals surface area contributed by atoms with E-state index >= 15 is 0 Å². The molecule has 0 aliphatic carbocycles. The van der Waals surface area contributed by atoms with Crippen molar-refractivity contribution in [2.45, 2.75) is 109 Å². The second kappa shape index (κ2) is 22.2. The number of nitrogens with two attached hydrogens (primary N) is 1. The molecule has 0 aromatic carbocycles. The molecule has 4 heterocycles. The summed E-state index contributed by atoms with van der Waals surface area (Å²) in [5.74, 6) is 0.866. The first kappa shape index (κ1) is 51.8. The monoisotopic (exact) mass is 889 g/mol. The third-order valence-electron chi connectivity index (χ3n) is 7.10. The van der Waals surface area contributed by atoms with Gasteiger partial charge in [-0.1, -0.05) is 55.4 Å². The molecule has 0 bridgehead atoms. The fourth-order valence-corrected chi connectivity index (χ4v) is 6.26. The van der Waals surface area contributed by atoms with Crippen molar-refractivity contribution in [3.63, 3.8) is 0 Å². The van der Waals surface area contributed by atoms with Crippen molar-refractivity contribution in [1.29, 1.82) is 19.1 Å². The van der Waals surface area contributed by atoms with Gasteiger partial charge >= 0.3 is 0 Å². The molecule has 324 valence electrons. The number of aromatic nitrogens is 8. The van der Waals surface area contributed by atoms with Gasteiger partial charge in [0, 0.05) is 47.9 Å². The molecular formula is C33H55N13O8S4. The SMILES string of the molecule is CC(C)c1cc(N)nc(CS(=N)(=O)O)n1.CC(C)c1ccnc(CS(=N)(=O)O)n1.CC(C)c1cnc(CS(=N)(=O)O)nc1.Cc1nc(CS(=N)(=O)O)ncc1C(C)C. The lowest BCUT2D eigenvalue weighted by atomic mass is 10.0. The molecule has 58 heavy (non-hydrogen) atoms. The van der Waals surface area contributed by atoms with Crippen LogP contribution in [-0.2, 0) is 63.1 Å². The van der Waals surface area contributed by atoms with Crippen LogP contribution in [-0.4, -0.2) is 74.9 Å². The highest BCUT2D eigenvalue weighted by molar-refractivity contribution is 7.86. The molecule has 0 fully saturated rings. The van der Waals surface area contributed by atoms with Crippen LogP contribution in [0.4, 0.5) is 5.82 Å². The molecule has 25 heteroatoms. The summed E-state index contributed by atoms with van der Waals surface area (Å²) >= 11 is 0. The molecule has 4 atom stereocenters. The zero-order chi connectivity index (χ0) is 44.8. The minimum Gasteiger partial charge on any atom is -0.384 e. The Bertz CT molecular complexity index is 2400. The second-order valence-corrected chi connectivity index (χ2v) is 20.3. The lowest BCUT2D eigenvalue weighted by Gasteiger charge is -2.09. The van der Waals surface area contributed by atoms with E-state index in [-0.39, 0.29) is 58.2 Å². The second-order valence-electron chi connectivity index (χ2n) is 14.0. The van der Waals surface area contributed by atoms with Crippen LogP contribution in [0.15, 0.2) is 36.9 Å². The standard InChI is InChI=1S/C9H15N3O2S.C8H14N4O2S.2C8H13N3O2S/c1-6(2)8-4-11-9(12-7(8)3)5-15(10,13)14;1-5(2)6-3-7(9)12-8(11-6)4-15(10,13)14;1-6(2)7-3-10-8(11-4-7)5-14(9,12)13;1-6(2)7-3-4-10-8(11-7)5-14(9,12)13/h4,6H,5H2,1-3H3,(H2,10,13,14);3,5H,4H2,1-2H3,(H2,9,11,12)(H2,10,13,14);2*3-4,6H,5H2,1-2H3,(H2,9,12,13). The molecule has 4 aromatic rings. The summed E-state index contributed by atoms with van der Waals surface area (Å²) in [7, 11) is -14.2. The molecule has 0 saturated heterocycles. The summed E-state index contributed by atoms with van der Waals surface area (Å²) in [5, 5.41) is 0. The summed E-state index contributed by atoms with van der Waals surface area (Å²) in [6.45, 7) is 17.7. The van der Waals surface area contributed by atoms with Crippen molar-refractivity contribution in [2.75, 3.05) is 5.73 Å². The van der Waals surface area contributed by atoms with Crippen molar-refractivity contribution in [3.05, 3.63) is 88.4 Å². The average molecular weight is 890 g/mol. The van der Waals surface area contributed by atoms with Crippen molar-refractivity contribution < 1.29 is 35.0 Å². The first-order valence-electron chi connectivity index (χ1n) is 17.4. The van der Waals surface area contributed by atoms with E-state index in [2.05, 4.69) is 39.9 Å². The van der Waals surface area contributed by atoms with Gasteiger partial charge in [0.05, 0.1) is 0 Å². The maximum atomic E-state index is 10.9. The number of rotatable bonds is 12. The highest BCUT2D eigenvalue weighted by Gasteiger charge is 2.12. The largest absolute Gasteiger partial charge is 0.384 e. The normalized spacial score (nSPS) is 15.3. The Kier molecular flexibility index (Phi) is 19.8. The van der Waals surface area contributed by atoms with Crippen molar-refractivity contribution in [3.8, 4) is 0 Å². The van der Waals surface area contributed by atoms with Crippen molar-refractivity contribution >= 4 is 45.9 Å². The quantitative estimate of drug-likeness (QED) is 0.0745. The number of hydrogen-bond donors (Lipinski definition) is 9. The van der Waals surface area contributed by atoms with Gasteiger partial charge in [0.2, 0.25) is 0 Å². The van der Waals surface area contributed by atoms with Gasteiger partial charge < -0.3 is 23.9 Å². The molecule has 0 aliphatic rings. The lowest BCUT2D eigenvalue weighted by Crippen LogP contribution is -2.09. The average Bonchev–Trinajstić information content (AvgIpc) is 3.02. The van der Waals surface area contributed by atoms with E-state index in [0.29, 0.717) is 17.5 Å². The first-order chi connectivity index (χ1) is 26.3. The molecule has 0 amide bonds. The molecule has 4 aromatic heterocycles. The van der Waals surface area contributed by atoms with Gasteiger partial charge in [-0.2, -0.15) is 0 Å². The summed E-state index contributed by atoms with van der Waals surface area (Å²) in [6, 6.07) is 3.38. The minimum absolute atomic E-state index is 0.140. The lowest BCUT2D eigenvalue weighted by molar-refractivity contribution is 0.543. The van der Waals surface area contributed by atoms with Crippen LogP contribution in [0.25, 0.3) is 0 Å². The summed E-state index contributed by atoms with van der Waals surface area (Å²) < 4.78 is 106. The third kappa shape index (κ3) is 22.6. The molecule has 0 saturated carbocycles. The highest BCUT2D eigenvalue weighted by atomic mass is 32.2. The topological polar surface area (TPSA) is 374 Å². The number of nitrogen functional groups attached to an aromatic ring is 1. The van der Waals surface area contributed by atoms with Gasteiger partial charge in [0.1, 0.15) is 52.1 Å². The fourth-order valence-electron chi connectivity index (χ4n) is 4.30. The maximum absolute atomic E-state index is 10.9. The van der Waals surface area contributed by atoms with Gasteiger partial charge in [-0.05, 0) is 47.8 Å². The first-order valence-corrected chi connectivity index (χ1v) is 24.1. The van der Waals surface area contributed by atoms with Crippen LogP contribution in [0.2, 0.25) is 0 Å². The number of aryl methyl sites for hydroxylation is 1. The van der Waals surface area contributed by atoms with Crippen LogP contribution in [0.1, 0.15) is 131 Å². The molecule has 0 aliphatic heterocycles. The Morgan fingerprint density at radius 3 is 1.38 bits per heavy atom.